The van der Waals surface area contributed by atoms with Crippen molar-refractivity contribution in [2.24, 2.45) is 0 Å². The van der Waals surface area contributed by atoms with E-state index in [1.165, 1.54) is 56.9 Å². The van der Waals surface area contributed by atoms with Gasteiger partial charge in [0.05, 0.1) is 12.1 Å². The topological polar surface area (TPSA) is 79.7 Å². The lowest BCUT2D eigenvalue weighted by molar-refractivity contribution is 0.0821. The summed E-state index contributed by atoms with van der Waals surface area (Å²) in [5.74, 6) is 0.982. The van der Waals surface area contributed by atoms with E-state index in [9.17, 15) is 4.79 Å². The molecule has 7 heteroatoms. The number of rotatable bonds is 8. The van der Waals surface area contributed by atoms with Gasteiger partial charge in [0.25, 0.3) is 5.56 Å². The van der Waals surface area contributed by atoms with Gasteiger partial charge >= 0.3 is 0 Å². The van der Waals surface area contributed by atoms with E-state index in [2.05, 4.69) is 62.1 Å². The van der Waals surface area contributed by atoms with Gasteiger partial charge in [-0.25, -0.2) is 4.68 Å². The number of nitrogens with zero attached hydrogens (tertiary/aromatic N) is 5. The quantitative estimate of drug-likeness (QED) is 0.440. The highest BCUT2D eigenvalue weighted by atomic mass is 16.1. The Morgan fingerprint density at radius 1 is 1.03 bits per heavy atom. The van der Waals surface area contributed by atoms with Crippen LogP contribution < -0.4 is 5.56 Å². The first kappa shape index (κ1) is 24.2. The summed E-state index contributed by atoms with van der Waals surface area (Å²) < 4.78 is 2.13. The molecule has 2 heterocycles. The first-order valence-corrected chi connectivity index (χ1v) is 13.9. The van der Waals surface area contributed by atoms with E-state index in [1.807, 2.05) is 6.07 Å². The molecule has 1 aromatic carbocycles. The van der Waals surface area contributed by atoms with Crippen LogP contribution in [0.25, 0.3) is 10.9 Å². The second-order valence-corrected chi connectivity index (χ2v) is 10.6. The van der Waals surface area contributed by atoms with Crippen LogP contribution in [-0.4, -0.2) is 36.1 Å². The summed E-state index contributed by atoms with van der Waals surface area (Å²) >= 11 is 0. The van der Waals surface area contributed by atoms with E-state index in [-0.39, 0.29) is 11.6 Å². The molecule has 2 fully saturated rings. The maximum atomic E-state index is 13.2. The summed E-state index contributed by atoms with van der Waals surface area (Å²) in [5.41, 5.74) is 3.06. The Kier molecular flexibility index (Phi) is 7.61. The predicted molar refractivity (Wildman–Crippen MR) is 139 cm³/mol. The average molecular weight is 477 g/mol. The van der Waals surface area contributed by atoms with Crippen molar-refractivity contribution in [3.63, 3.8) is 0 Å². The van der Waals surface area contributed by atoms with Crippen molar-refractivity contribution in [3.05, 3.63) is 51.6 Å². The highest BCUT2D eigenvalue weighted by Crippen LogP contribution is 2.35. The smallest absolute Gasteiger partial charge is 0.252 e. The van der Waals surface area contributed by atoms with Crippen molar-refractivity contribution >= 4 is 10.9 Å². The Bertz CT molecular complexity index is 1170. The number of pyridine rings is 1. The highest BCUT2D eigenvalue weighted by Gasteiger charge is 2.33. The van der Waals surface area contributed by atoms with Gasteiger partial charge < -0.3 is 4.98 Å². The molecule has 0 spiro atoms. The summed E-state index contributed by atoms with van der Waals surface area (Å²) in [6.45, 7) is 5.03. The molecule has 7 nitrogen and oxygen atoms in total. The monoisotopic (exact) mass is 476 g/mol. The van der Waals surface area contributed by atoms with Crippen LogP contribution in [0.1, 0.15) is 114 Å². The van der Waals surface area contributed by atoms with Gasteiger partial charge in [0, 0.05) is 23.7 Å². The number of aromatic nitrogens is 5. The summed E-state index contributed by atoms with van der Waals surface area (Å²) in [7, 11) is 0. The second kappa shape index (κ2) is 11.0. The molecule has 3 aromatic rings. The Hall–Kier alpha value is -2.54. The van der Waals surface area contributed by atoms with E-state index < -0.39 is 0 Å². The third kappa shape index (κ3) is 5.20. The van der Waals surface area contributed by atoms with Crippen LogP contribution in [0.2, 0.25) is 0 Å². The van der Waals surface area contributed by atoms with Gasteiger partial charge in [-0.2, -0.15) is 0 Å². The predicted octanol–water partition coefficient (Wildman–Crippen LogP) is 5.87. The largest absolute Gasteiger partial charge is 0.322 e. The van der Waals surface area contributed by atoms with Crippen molar-refractivity contribution in [1.29, 1.82) is 0 Å². The number of tetrazole rings is 1. The zero-order valence-corrected chi connectivity index (χ0v) is 21.4. The summed E-state index contributed by atoms with van der Waals surface area (Å²) in [5, 5.41) is 14.3. The third-order valence-electron chi connectivity index (χ3n) is 8.31. The fraction of sp³-hybridized carbons (Fsp3) is 0.643. The number of nitrogens with one attached hydrogen (secondary N) is 1. The summed E-state index contributed by atoms with van der Waals surface area (Å²) in [4.78, 5) is 18.9. The van der Waals surface area contributed by atoms with Gasteiger partial charge in [-0.1, -0.05) is 58.4 Å². The average Bonchev–Trinajstić information content (AvgIpc) is 3.39. The van der Waals surface area contributed by atoms with Crippen LogP contribution in [0, 0.1) is 0 Å². The Labute approximate surface area is 208 Å². The van der Waals surface area contributed by atoms with E-state index in [0.717, 1.165) is 48.0 Å². The lowest BCUT2D eigenvalue weighted by Gasteiger charge is -2.39. The van der Waals surface area contributed by atoms with Crippen molar-refractivity contribution < 1.29 is 0 Å². The molecule has 2 aliphatic carbocycles. The zero-order valence-electron chi connectivity index (χ0n) is 21.4. The number of fused-ring (bicyclic) bond motifs is 1. The van der Waals surface area contributed by atoms with Gasteiger partial charge in [-0.3, -0.25) is 9.69 Å². The van der Waals surface area contributed by atoms with Crippen molar-refractivity contribution in [2.75, 3.05) is 0 Å². The number of H-pyrrole nitrogens is 1. The first-order chi connectivity index (χ1) is 17.2. The maximum absolute atomic E-state index is 13.2. The minimum absolute atomic E-state index is 0.0179. The van der Waals surface area contributed by atoms with E-state index in [1.54, 1.807) is 0 Å². The molecule has 2 aromatic heterocycles. The molecule has 0 saturated heterocycles. The Balaban J connectivity index is 1.51. The molecular weight excluding hydrogens is 436 g/mol. The normalized spacial score (nSPS) is 18.9. The lowest BCUT2D eigenvalue weighted by Crippen LogP contribution is -2.41. The first-order valence-electron chi connectivity index (χ1n) is 13.9. The van der Waals surface area contributed by atoms with E-state index in [0.29, 0.717) is 18.6 Å². The van der Waals surface area contributed by atoms with Gasteiger partial charge in [0.15, 0.2) is 5.82 Å². The standard InChI is InChI=1S/C28H40N6O/c1-3-20-15-16-25-21(17-20)18-22(28(35)29-25)19-33(23-11-7-5-8-12-23)26(4-2)27-30-31-32-34(27)24-13-9-6-10-14-24/h15-18,23-24,26H,3-14,19H2,1-2H3,(H,29,35)/t26-/m1/s1. The van der Waals surface area contributed by atoms with E-state index in [4.69, 9.17) is 0 Å². The number of benzene rings is 1. The van der Waals surface area contributed by atoms with E-state index >= 15 is 0 Å². The Morgan fingerprint density at radius 3 is 2.49 bits per heavy atom. The van der Waals surface area contributed by atoms with Crippen LogP contribution >= 0.6 is 0 Å². The molecular formula is C28H40N6O. The molecule has 1 N–H and O–H groups in total. The van der Waals surface area contributed by atoms with Gasteiger partial charge in [0.1, 0.15) is 0 Å². The van der Waals surface area contributed by atoms with Crippen molar-refractivity contribution in [2.45, 2.75) is 116 Å². The number of aromatic amines is 1. The summed E-state index contributed by atoms with van der Waals surface area (Å²) in [6, 6.07) is 9.40. The molecule has 1 atom stereocenters. The fourth-order valence-electron chi connectivity index (χ4n) is 6.31. The van der Waals surface area contributed by atoms with Crippen LogP contribution in [0.3, 0.4) is 0 Å². The maximum Gasteiger partial charge on any atom is 0.252 e. The second-order valence-electron chi connectivity index (χ2n) is 10.6. The number of hydrogen-bond acceptors (Lipinski definition) is 5. The molecule has 0 bridgehead atoms. The molecule has 0 amide bonds. The minimum atomic E-state index is 0.0179. The molecule has 188 valence electrons. The van der Waals surface area contributed by atoms with Gasteiger partial charge in [-0.05, 0) is 78.1 Å². The highest BCUT2D eigenvalue weighted by molar-refractivity contribution is 5.79. The SMILES string of the molecule is CCc1ccc2[nH]c(=O)c(CN(C3CCCCC3)[C@H](CC)c3nnnn3C3CCCCC3)cc2c1. The van der Waals surface area contributed by atoms with Crippen LogP contribution in [0.15, 0.2) is 29.1 Å². The van der Waals surface area contributed by atoms with Crippen LogP contribution in [0.5, 0.6) is 0 Å². The number of aryl methyl sites for hydroxylation is 1. The van der Waals surface area contributed by atoms with Crippen molar-refractivity contribution in [3.8, 4) is 0 Å². The molecule has 0 radical (unpaired) electrons. The summed E-state index contributed by atoms with van der Waals surface area (Å²) in [6.07, 6.45) is 14.2. The van der Waals surface area contributed by atoms with Crippen LogP contribution in [-0.2, 0) is 13.0 Å². The molecule has 2 saturated carbocycles. The minimum Gasteiger partial charge on any atom is -0.322 e. The van der Waals surface area contributed by atoms with Gasteiger partial charge in [-0.15, -0.1) is 5.10 Å². The lowest BCUT2D eigenvalue weighted by atomic mass is 9.91. The molecule has 5 rings (SSSR count). The molecule has 0 aliphatic heterocycles. The third-order valence-corrected chi connectivity index (χ3v) is 8.31. The molecule has 2 aliphatic rings. The number of hydrogen-bond donors (Lipinski definition) is 1. The van der Waals surface area contributed by atoms with Crippen LogP contribution in [0.4, 0.5) is 0 Å². The Morgan fingerprint density at radius 2 is 1.77 bits per heavy atom. The van der Waals surface area contributed by atoms with Gasteiger partial charge in [0.2, 0.25) is 0 Å². The molecule has 0 unspecified atom stereocenters. The zero-order chi connectivity index (χ0) is 24.2. The van der Waals surface area contributed by atoms with Crippen molar-refractivity contribution in [1.82, 2.24) is 30.1 Å². The molecule has 35 heavy (non-hydrogen) atoms. The fourth-order valence-corrected chi connectivity index (χ4v) is 6.31.